The van der Waals surface area contributed by atoms with Crippen LogP contribution in [0.5, 0.6) is 5.75 Å². The third-order valence-corrected chi connectivity index (χ3v) is 2.52. The van der Waals surface area contributed by atoms with Gasteiger partial charge in [-0.3, -0.25) is 0 Å². The summed E-state index contributed by atoms with van der Waals surface area (Å²) in [4.78, 5) is 0. The summed E-state index contributed by atoms with van der Waals surface area (Å²) in [5.41, 5.74) is 9.05. The van der Waals surface area contributed by atoms with E-state index in [1.165, 1.54) is 11.1 Å². The zero-order valence-electron chi connectivity index (χ0n) is 10.4. The van der Waals surface area contributed by atoms with Gasteiger partial charge in [0.05, 0.1) is 7.11 Å². The molecule has 2 N–H and O–H groups in total. The van der Waals surface area contributed by atoms with Gasteiger partial charge in [0.25, 0.3) is 0 Å². The lowest BCUT2D eigenvalue weighted by molar-refractivity contribution is 0.410. The van der Waals surface area contributed by atoms with Gasteiger partial charge < -0.3 is 10.5 Å². The maximum Gasteiger partial charge on any atom is 0.128 e. The Morgan fingerprint density at radius 1 is 1.31 bits per heavy atom. The Bertz CT molecular complexity index is 369. The van der Waals surface area contributed by atoms with Crippen molar-refractivity contribution in [3.05, 3.63) is 34.9 Å². The molecule has 1 aromatic carbocycles. The molecule has 0 fully saturated rings. The average Bonchev–Trinajstić information content (AvgIpc) is 2.24. The van der Waals surface area contributed by atoms with Crippen LogP contribution in [-0.2, 0) is 0 Å². The molecule has 88 valence electrons. The third-order valence-electron chi connectivity index (χ3n) is 2.52. The molecule has 16 heavy (non-hydrogen) atoms. The van der Waals surface area contributed by atoms with Crippen molar-refractivity contribution in [3.8, 4) is 5.75 Å². The average molecular weight is 219 g/mol. The van der Waals surface area contributed by atoms with E-state index in [0.717, 1.165) is 30.7 Å². The van der Waals surface area contributed by atoms with E-state index in [2.05, 4.69) is 38.1 Å². The number of hydrogen-bond donors (Lipinski definition) is 1. The molecule has 0 bridgehead atoms. The maximum atomic E-state index is 5.45. The Morgan fingerprint density at radius 3 is 2.69 bits per heavy atom. The zero-order chi connectivity index (χ0) is 12.0. The second-order valence-electron chi connectivity index (χ2n) is 4.04. The van der Waals surface area contributed by atoms with Crippen LogP contribution in [0, 0.1) is 13.8 Å². The van der Waals surface area contributed by atoms with Gasteiger partial charge in [-0.2, -0.15) is 0 Å². The van der Waals surface area contributed by atoms with Crippen molar-refractivity contribution in [1.82, 2.24) is 0 Å². The molecule has 1 aromatic rings. The van der Waals surface area contributed by atoms with Crippen molar-refractivity contribution in [3.63, 3.8) is 0 Å². The first-order chi connectivity index (χ1) is 7.69. The van der Waals surface area contributed by atoms with Crippen LogP contribution in [0.2, 0.25) is 0 Å². The molecule has 0 aliphatic rings. The third kappa shape index (κ3) is 3.38. The molecule has 0 aliphatic carbocycles. The van der Waals surface area contributed by atoms with Gasteiger partial charge in [-0.25, -0.2) is 0 Å². The fourth-order valence-electron chi connectivity index (χ4n) is 1.84. The molecule has 0 aromatic heterocycles. The first-order valence-electron chi connectivity index (χ1n) is 5.71. The van der Waals surface area contributed by atoms with Gasteiger partial charge in [0.1, 0.15) is 5.75 Å². The number of rotatable bonds is 5. The monoisotopic (exact) mass is 219 g/mol. The smallest absolute Gasteiger partial charge is 0.128 e. The van der Waals surface area contributed by atoms with E-state index < -0.39 is 0 Å². The maximum absolute atomic E-state index is 5.45. The van der Waals surface area contributed by atoms with Crippen LogP contribution < -0.4 is 10.5 Å². The number of hydrogen-bond acceptors (Lipinski definition) is 2. The highest BCUT2D eigenvalue weighted by atomic mass is 16.5. The van der Waals surface area contributed by atoms with Crippen molar-refractivity contribution in [2.75, 3.05) is 13.7 Å². The Balaban J connectivity index is 2.89. The van der Waals surface area contributed by atoms with E-state index in [0.29, 0.717) is 0 Å². The lowest BCUT2D eigenvalue weighted by Crippen LogP contribution is -1.96. The summed E-state index contributed by atoms with van der Waals surface area (Å²) in [6.07, 6.45) is 6.33. The SMILES string of the molecule is COc1c(C)cc(C)cc1/C=C/CCCN. The molecule has 0 unspecified atom stereocenters. The largest absolute Gasteiger partial charge is 0.496 e. The van der Waals surface area contributed by atoms with E-state index in [1.54, 1.807) is 7.11 Å². The second kappa shape index (κ2) is 6.33. The van der Waals surface area contributed by atoms with E-state index in [9.17, 15) is 0 Å². The number of aryl methyl sites for hydroxylation is 2. The Labute approximate surface area is 98.1 Å². The molecule has 0 aliphatic heterocycles. The van der Waals surface area contributed by atoms with Crippen LogP contribution in [0.25, 0.3) is 6.08 Å². The predicted octanol–water partition coefficient (Wildman–Crippen LogP) is 3.06. The van der Waals surface area contributed by atoms with Gasteiger partial charge in [-0.1, -0.05) is 23.8 Å². The first-order valence-corrected chi connectivity index (χ1v) is 5.71. The van der Waals surface area contributed by atoms with E-state index in [4.69, 9.17) is 10.5 Å². The topological polar surface area (TPSA) is 35.2 Å². The number of benzene rings is 1. The number of nitrogens with two attached hydrogens (primary N) is 1. The molecule has 0 amide bonds. The summed E-state index contributed by atoms with van der Waals surface area (Å²) in [6.45, 7) is 4.92. The van der Waals surface area contributed by atoms with Crippen LogP contribution in [0.3, 0.4) is 0 Å². The zero-order valence-corrected chi connectivity index (χ0v) is 10.4. The second-order valence-corrected chi connectivity index (χ2v) is 4.04. The van der Waals surface area contributed by atoms with Gasteiger partial charge in [0.15, 0.2) is 0 Å². The molecular formula is C14H21NO. The number of ether oxygens (including phenoxy) is 1. The van der Waals surface area contributed by atoms with Gasteiger partial charge in [-0.15, -0.1) is 0 Å². The highest BCUT2D eigenvalue weighted by molar-refractivity contribution is 5.61. The Morgan fingerprint density at radius 2 is 2.06 bits per heavy atom. The van der Waals surface area contributed by atoms with Crippen molar-refractivity contribution in [2.45, 2.75) is 26.7 Å². The minimum absolute atomic E-state index is 0.744. The van der Waals surface area contributed by atoms with E-state index in [-0.39, 0.29) is 0 Å². The standard InChI is InChI=1S/C14H21NO/c1-11-9-12(2)14(16-3)13(10-11)7-5-4-6-8-15/h5,7,9-10H,4,6,8,15H2,1-3H3/b7-5+. The highest BCUT2D eigenvalue weighted by Crippen LogP contribution is 2.26. The van der Waals surface area contributed by atoms with E-state index >= 15 is 0 Å². The van der Waals surface area contributed by atoms with Crippen molar-refractivity contribution in [1.29, 1.82) is 0 Å². The van der Waals surface area contributed by atoms with Crippen molar-refractivity contribution < 1.29 is 4.74 Å². The number of allylic oxidation sites excluding steroid dienone is 1. The quantitative estimate of drug-likeness (QED) is 0.772. The molecule has 0 saturated heterocycles. The van der Waals surface area contributed by atoms with Crippen LogP contribution in [0.15, 0.2) is 18.2 Å². The minimum atomic E-state index is 0.744. The summed E-state index contributed by atoms with van der Waals surface area (Å²) in [5, 5.41) is 0. The van der Waals surface area contributed by atoms with Crippen molar-refractivity contribution in [2.24, 2.45) is 5.73 Å². The molecule has 1 rings (SSSR count). The number of unbranched alkanes of at least 4 members (excludes halogenated alkanes) is 1. The van der Waals surface area contributed by atoms with Gasteiger partial charge >= 0.3 is 0 Å². The van der Waals surface area contributed by atoms with Gasteiger partial charge in [-0.05, 0) is 44.9 Å². The summed E-state index contributed by atoms with van der Waals surface area (Å²) in [5.74, 6) is 0.967. The summed E-state index contributed by atoms with van der Waals surface area (Å²) in [7, 11) is 1.72. The van der Waals surface area contributed by atoms with Gasteiger partial charge in [0, 0.05) is 5.56 Å². The van der Waals surface area contributed by atoms with Gasteiger partial charge in [0.2, 0.25) is 0 Å². The fourth-order valence-corrected chi connectivity index (χ4v) is 1.84. The molecule has 0 spiro atoms. The highest BCUT2D eigenvalue weighted by Gasteiger charge is 2.04. The molecule has 0 saturated carbocycles. The lowest BCUT2D eigenvalue weighted by Gasteiger charge is -2.09. The fraction of sp³-hybridized carbons (Fsp3) is 0.429. The molecular weight excluding hydrogens is 198 g/mol. The number of methoxy groups -OCH3 is 1. The summed E-state index contributed by atoms with van der Waals surface area (Å²) in [6, 6.07) is 4.28. The van der Waals surface area contributed by atoms with Crippen LogP contribution >= 0.6 is 0 Å². The molecule has 0 radical (unpaired) electrons. The first kappa shape index (κ1) is 12.8. The summed E-state index contributed by atoms with van der Waals surface area (Å²) >= 11 is 0. The Hall–Kier alpha value is -1.28. The van der Waals surface area contributed by atoms with Crippen LogP contribution in [0.1, 0.15) is 29.5 Å². The van der Waals surface area contributed by atoms with Crippen LogP contribution in [0.4, 0.5) is 0 Å². The molecule has 0 atom stereocenters. The van der Waals surface area contributed by atoms with E-state index in [1.807, 2.05) is 0 Å². The predicted molar refractivity (Wildman–Crippen MR) is 69.8 cm³/mol. The van der Waals surface area contributed by atoms with Crippen molar-refractivity contribution >= 4 is 6.08 Å². The normalized spacial score (nSPS) is 11.0. The summed E-state index contributed by atoms with van der Waals surface area (Å²) < 4.78 is 5.41. The Kier molecular flexibility index (Phi) is 5.06. The minimum Gasteiger partial charge on any atom is -0.496 e. The molecule has 2 nitrogen and oxygen atoms in total. The molecule has 0 heterocycles. The lowest BCUT2D eigenvalue weighted by atomic mass is 10.0. The molecule has 2 heteroatoms. The van der Waals surface area contributed by atoms with Crippen LogP contribution in [-0.4, -0.2) is 13.7 Å².